The molecular weight excluding hydrogens is 231 g/mol. The van der Waals surface area contributed by atoms with Crippen LogP contribution in [0.25, 0.3) is 0 Å². The maximum Gasteiger partial charge on any atom is 0.320 e. The van der Waals surface area contributed by atoms with Crippen LogP contribution in [0.3, 0.4) is 0 Å². The summed E-state index contributed by atoms with van der Waals surface area (Å²) in [5.74, 6) is -0.116. The van der Waals surface area contributed by atoms with Crippen molar-refractivity contribution >= 4 is 17.7 Å². The molecular formula is C10H13FN2O2S. The fourth-order valence-corrected chi connectivity index (χ4v) is 2.02. The zero-order valence-electron chi connectivity index (χ0n) is 8.60. The summed E-state index contributed by atoms with van der Waals surface area (Å²) in [6.07, 6.45) is 3.14. The van der Waals surface area contributed by atoms with E-state index >= 15 is 0 Å². The van der Waals surface area contributed by atoms with Gasteiger partial charge in [-0.2, -0.15) is 11.8 Å². The topological polar surface area (TPSA) is 76.2 Å². The number of rotatable bonds is 6. The van der Waals surface area contributed by atoms with Crippen LogP contribution in [0.2, 0.25) is 0 Å². The van der Waals surface area contributed by atoms with Gasteiger partial charge in [-0.25, -0.2) is 4.39 Å². The van der Waals surface area contributed by atoms with Crippen molar-refractivity contribution in [2.45, 2.75) is 18.2 Å². The zero-order chi connectivity index (χ0) is 12.0. The normalized spacial score (nSPS) is 12.4. The molecule has 0 fully saturated rings. The van der Waals surface area contributed by atoms with Crippen molar-refractivity contribution in [3.8, 4) is 0 Å². The molecule has 3 N–H and O–H groups in total. The second-order valence-corrected chi connectivity index (χ2v) is 4.40. The van der Waals surface area contributed by atoms with Crippen LogP contribution in [0.1, 0.15) is 12.0 Å². The minimum Gasteiger partial charge on any atom is -0.480 e. The predicted molar refractivity (Wildman–Crippen MR) is 60.6 cm³/mol. The Morgan fingerprint density at radius 3 is 3.00 bits per heavy atom. The molecule has 0 aliphatic carbocycles. The van der Waals surface area contributed by atoms with E-state index in [2.05, 4.69) is 4.98 Å². The van der Waals surface area contributed by atoms with Gasteiger partial charge in [-0.15, -0.1) is 0 Å². The second kappa shape index (κ2) is 6.44. The summed E-state index contributed by atoms with van der Waals surface area (Å²) in [7, 11) is 0. The summed E-state index contributed by atoms with van der Waals surface area (Å²) in [5, 5.41) is 8.54. The van der Waals surface area contributed by atoms with Crippen LogP contribution < -0.4 is 5.73 Å². The summed E-state index contributed by atoms with van der Waals surface area (Å²) in [6, 6.07) is 0.593. The molecule has 1 unspecified atom stereocenters. The quantitative estimate of drug-likeness (QED) is 0.737. The second-order valence-electron chi connectivity index (χ2n) is 3.30. The molecule has 0 radical (unpaired) electrons. The molecule has 0 aromatic carbocycles. The average molecular weight is 244 g/mol. The van der Waals surface area contributed by atoms with Crippen LogP contribution in [0.4, 0.5) is 4.39 Å². The number of thioether (sulfide) groups is 1. The van der Waals surface area contributed by atoms with Gasteiger partial charge in [0.1, 0.15) is 11.9 Å². The minimum absolute atomic E-state index is 0.361. The fourth-order valence-electron chi connectivity index (χ4n) is 1.06. The molecule has 4 nitrogen and oxygen atoms in total. The third kappa shape index (κ3) is 4.59. The molecule has 1 rings (SSSR count). The van der Waals surface area contributed by atoms with Gasteiger partial charge < -0.3 is 10.8 Å². The van der Waals surface area contributed by atoms with Crippen LogP contribution in [0.5, 0.6) is 0 Å². The number of aliphatic carboxylic acids is 1. The third-order valence-electron chi connectivity index (χ3n) is 1.92. The number of nitrogens with two attached hydrogens (primary N) is 1. The van der Waals surface area contributed by atoms with E-state index in [4.69, 9.17) is 10.8 Å². The van der Waals surface area contributed by atoms with Crippen molar-refractivity contribution in [3.05, 3.63) is 29.8 Å². The van der Waals surface area contributed by atoms with Gasteiger partial charge in [0.05, 0.1) is 6.20 Å². The van der Waals surface area contributed by atoms with E-state index in [1.165, 1.54) is 17.8 Å². The molecule has 1 aromatic rings. The number of carboxylic acid groups (broad SMARTS) is 1. The lowest BCUT2D eigenvalue weighted by Gasteiger charge is -2.05. The summed E-state index contributed by atoms with van der Waals surface area (Å²) in [5.41, 5.74) is 6.12. The Labute approximate surface area is 97.1 Å². The minimum atomic E-state index is -0.993. The highest BCUT2D eigenvalue weighted by Gasteiger charge is 2.10. The number of hydrogen-bond donors (Lipinski definition) is 2. The zero-order valence-corrected chi connectivity index (χ0v) is 9.41. The Bertz CT molecular complexity index is 362. The lowest BCUT2D eigenvalue weighted by Crippen LogP contribution is -2.30. The molecule has 0 aliphatic rings. The van der Waals surface area contributed by atoms with Crippen LogP contribution >= 0.6 is 11.8 Å². The van der Waals surface area contributed by atoms with E-state index in [0.717, 1.165) is 11.8 Å². The van der Waals surface area contributed by atoms with E-state index in [0.29, 0.717) is 17.9 Å². The highest BCUT2D eigenvalue weighted by atomic mass is 32.2. The van der Waals surface area contributed by atoms with E-state index in [-0.39, 0.29) is 5.82 Å². The number of nitrogens with zero attached hydrogens (tertiary/aromatic N) is 1. The molecule has 88 valence electrons. The Morgan fingerprint density at radius 2 is 2.38 bits per heavy atom. The lowest BCUT2D eigenvalue weighted by atomic mass is 10.2. The Balaban J connectivity index is 2.23. The molecule has 0 bridgehead atoms. The van der Waals surface area contributed by atoms with Crippen LogP contribution in [0.15, 0.2) is 18.5 Å². The van der Waals surface area contributed by atoms with Crippen molar-refractivity contribution < 1.29 is 14.3 Å². The predicted octanol–water partition coefficient (Wildman–Crippen LogP) is 1.26. The lowest BCUT2D eigenvalue weighted by molar-refractivity contribution is -0.138. The van der Waals surface area contributed by atoms with E-state index in [1.54, 1.807) is 6.20 Å². The molecule has 0 saturated carbocycles. The van der Waals surface area contributed by atoms with Crippen LogP contribution in [0, 0.1) is 5.82 Å². The number of carboxylic acids is 1. The highest BCUT2D eigenvalue weighted by molar-refractivity contribution is 7.98. The standard InChI is InChI=1S/C10H13FN2O2S/c11-8-3-7(4-13-5-8)6-16-2-1-9(12)10(14)15/h3-5,9H,1-2,6,12H2,(H,14,15). The van der Waals surface area contributed by atoms with Gasteiger partial charge in [0, 0.05) is 11.9 Å². The number of carbonyl (C=O) groups is 1. The Kier molecular flexibility index (Phi) is 5.21. The summed E-state index contributed by atoms with van der Waals surface area (Å²) >= 11 is 1.51. The van der Waals surface area contributed by atoms with Gasteiger partial charge in [-0.3, -0.25) is 9.78 Å². The van der Waals surface area contributed by atoms with Crippen molar-refractivity contribution in [2.75, 3.05) is 5.75 Å². The molecule has 0 spiro atoms. The maximum atomic E-state index is 12.7. The Hall–Kier alpha value is -1.14. The number of halogens is 1. The largest absolute Gasteiger partial charge is 0.480 e. The smallest absolute Gasteiger partial charge is 0.320 e. The van der Waals surface area contributed by atoms with Gasteiger partial charge in [0.15, 0.2) is 0 Å². The molecule has 1 aromatic heterocycles. The number of hydrogen-bond acceptors (Lipinski definition) is 4. The first-order valence-electron chi connectivity index (χ1n) is 4.75. The summed E-state index contributed by atoms with van der Waals surface area (Å²) in [6.45, 7) is 0. The molecule has 1 atom stereocenters. The van der Waals surface area contributed by atoms with Crippen molar-refractivity contribution in [3.63, 3.8) is 0 Å². The first kappa shape index (κ1) is 12.9. The van der Waals surface area contributed by atoms with E-state index in [1.807, 2.05) is 0 Å². The molecule has 1 heterocycles. The van der Waals surface area contributed by atoms with Crippen molar-refractivity contribution in [1.29, 1.82) is 0 Å². The van der Waals surface area contributed by atoms with Gasteiger partial charge in [-0.1, -0.05) is 0 Å². The average Bonchev–Trinajstić information content (AvgIpc) is 2.24. The molecule has 0 amide bonds. The summed E-state index contributed by atoms with van der Waals surface area (Å²) < 4.78 is 12.7. The molecule has 0 aliphatic heterocycles. The van der Waals surface area contributed by atoms with E-state index in [9.17, 15) is 9.18 Å². The summed E-state index contributed by atoms with van der Waals surface area (Å²) in [4.78, 5) is 14.1. The van der Waals surface area contributed by atoms with Gasteiger partial charge >= 0.3 is 5.97 Å². The molecule has 16 heavy (non-hydrogen) atoms. The fraction of sp³-hybridized carbons (Fsp3) is 0.400. The highest BCUT2D eigenvalue weighted by Crippen LogP contribution is 2.13. The SMILES string of the molecule is NC(CCSCc1cncc(F)c1)C(=O)O. The first-order chi connectivity index (χ1) is 7.59. The van der Waals surface area contributed by atoms with Crippen molar-refractivity contribution in [1.82, 2.24) is 4.98 Å². The monoisotopic (exact) mass is 244 g/mol. The van der Waals surface area contributed by atoms with Gasteiger partial charge in [-0.05, 0) is 23.8 Å². The Morgan fingerprint density at radius 1 is 1.62 bits per heavy atom. The van der Waals surface area contributed by atoms with Gasteiger partial charge in [0.2, 0.25) is 0 Å². The number of aromatic nitrogens is 1. The number of pyridine rings is 1. The maximum absolute atomic E-state index is 12.7. The first-order valence-corrected chi connectivity index (χ1v) is 5.90. The van der Waals surface area contributed by atoms with E-state index < -0.39 is 12.0 Å². The third-order valence-corrected chi connectivity index (χ3v) is 2.98. The molecule has 0 saturated heterocycles. The van der Waals surface area contributed by atoms with Crippen LogP contribution in [-0.4, -0.2) is 27.9 Å². The molecule has 6 heteroatoms. The van der Waals surface area contributed by atoms with Crippen molar-refractivity contribution in [2.24, 2.45) is 5.73 Å². The van der Waals surface area contributed by atoms with Gasteiger partial charge in [0.25, 0.3) is 0 Å². The van der Waals surface area contributed by atoms with Crippen LogP contribution in [-0.2, 0) is 10.5 Å².